The first kappa shape index (κ1) is 51.1. The Morgan fingerprint density at radius 1 is 0.750 bits per heavy atom. The highest BCUT2D eigenvalue weighted by atomic mass is 16.6. The van der Waals surface area contributed by atoms with Crippen LogP contribution in [0.3, 0.4) is 0 Å². The molecule has 0 unspecified atom stereocenters. The van der Waals surface area contributed by atoms with E-state index >= 15 is 0 Å². The molecule has 16 nitrogen and oxygen atoms in total. The largest absolute Gasteiger partial charge is 0.494 e. The van der Waals surface area contributed by atoms with Crippen LogP contribution < -0.4 is 20.7 Å². The molecule has 5 N–H and O–H groups in total. The maximum absolute atomic E-state index is 13.4. The van der Waals surface area contributed by atoms with Gasteiger partial charge in [-0.25, -0.2) is 4.79 Å². The van der Waals surface area contributed by atoms with Crippen molar-refractivity contribution >= 4 is 35.3 Å². The summed E-state index contributed by atoms with van der Waals surface area (Å²) in [6.07, 6.45) is 10.7. The lowest BCUT2D eigenvalue weighted by Crippen LogP contribution is -2.59. The maximum atomic E-state index is 13.4. The number of amidine groups is 2. The number of pyridine rings is 1. The van der Waals surface area contributed by atoms with E-state index in [4.69, 9.17) is 34.5 Å². The zero-order valence-electron chi connectivity index (χ0n) is 38.1. The number of piperidine rings is 1. The summed E-state index contributed by atoms with van der Waals surface area (Å²) in [5.41, 5.74) is 1.00. The van der Waals surface area contributed by atoms with Gasteiger partial charge in [-0.1, -0.05) is 31.0 Å². The highest BCUT2D eigenvalue weighted by Crippen LogP contribution is 2.30. The van der Waals surface area contributed by atoms with Crippen molar-refractivity contribution in [3.63, 3.8) is 0 Å². The van der Waals surface area contributed by atoms with Crippen LogP contribution in [0.5, 0.6) is 5.75 Å². The van der Waals surface area contributed by atoms with Crippen LogP contribution in [0.4, 0.5) is 10.5 Å². The predicted octanol–water partition coefficient (Wildman–Crippen LogP) is 7.51. The Morgan fingerprint density at radius 3 is 1.98 bits per heavy atom. The van der Waals surface area contributed by atoms with Crippen molar-refractivity contribution in [3.05, 3.63) is 89.7 Å². The van der Waals surface area contributed by atoms with Gasteiger partial charge in [-0.3, -0.25) is 25.4 Å². The maximum Gasteiger partial charge on any atom is 0.410 e. The fourth-order valence-electron chi connectivity index (χ4n) is 6.82. The molecular formula is C48H69N7O9. The van der Waals surface area contributed by atoms with Gasteiger partial charge in [0.2, 0.25) is 0 Å². The second-order valence-electron chi connectivity index (χ2n) is 16.7. The smallest absolute Gasteiger partial charge is 0.410 e. The molecular weight excluding hydrogens is 819 g/mol. The number of ether oxygens (including phenoxy) is 6. The topological polar surface area (TPSA) is 207 Å². The number of benzene rings is 2. The third-order valence-corrected chi connectivity index (χ3v) is 10.4. The second kappa shape index (κ2) is 27.6. The summed E-state index contributed by atoms with van der Waals surface area (Å²) in [4.78, 5) is 43.0. The number of nitrogens with zero attached hydrogens (tertiary/aromatic N) is 2. The Morgan fingerprint density at radius 2 is 1.36 bits per heavy atom. The number of anilines is 1. The van der Waals surface area contributed by atoms with Gasteiger partial charge in [-0.15, -0.1) is 0 Å². The third kappa shape index (κ3) is 19.0. The molecule has 4 rings (SSSR count). The highest BCUT2D eigenvalue weighted by Gasteiger charge is 2.41. The first-order chi connectivity index (χ1) is 30.9. The van der Waals surface area contributed by atoms with Gasteiger partial charge in [0, 0.05) is 68.5 Å². The van der Waals surface area contributed by atoms with Crippen molar-refractivity contribution in [2.45, 2.75) is 103 Å². The number of rotatable bonds is 27. The number of hydrogen-bond donors (Lipinski definition) is 5. The zero-order valence-corrected chi connectivity index (χ0v) is 38.1. The van der Waals surface area contributed by atoms with Gasteiger partial charge in [0.1, 0.15) is 23.0 Å². The van der Waals surface area contributed by atoms with Gasteiger partial charge < -0.3 is 49.3 Å². The summed E-state index contributed by atoms with van der Waals surface area (Å²) in [6.45, 7) is 10.7. The van der Waals surface area contributed by atoms with E-state index < -0.39 is 17.2 Å². The molecule has 64 heavy (non-hydrogen) atoms. The lowest BCUT2D eigenvalue weighted by atomic mass is 9.85. The van der Waals surface area contributed by atoms with E-state index in [-0.39, 0.29) is 23.5 Å². The Kier molecular flexibility index (Phi) is 22.0. The van der Waals surface area contributed by atoms with Crippen LogP contribution >= 0.6 is 0 Å². The van der Waals surface area contributed by atoms with E-state index in [1.807, 2.05) is 51.1 Å². The molecule has 16 heteroatoms. The third-order valence-electron chi connectivity index (χ3n) is 10.4. The Balaban J connectivity index is 1.12. The van der Waals surface area contributed by atoms with Gasteiger partial charge in [-0.05, 0) is 114 Å². The SMILES string of the molecule is COC(=O)CCCCCOCCOCCOCCCCCCOc1ccc(CNC(=O)c2cccc(NC3(C(=N)NC(=N)c4ccncc4)CCN(C(=O)OC(C)(C)C)CC3)c2)cc1. The van der Waals surface area contributed by atoms with Crippen LogP contribution in [0.2, 0.25) is 0 Å². The van der Waals surface area contributed by atoms with Crippen molar-refractivity contribution in [1.82, 2.24) is 20.5 Å². The average Bonchev–Trinajstić information content (AvgIpc) is 3.29. The molecule has 1 aromatic heterocycles. The molecule has 2 aromatic carbocycles. The van der Waals surface area contributed by atoms with Crippen molar-refractivity contribution in [2.75, 3.05) is 71.8 Å². The fraction of sp³-hybridized carbons (Fsp3) is 0.542. The minimum Gasteiger partial charge on any atom is -0.494 e. The number of aromatic nitrogens is 1. The van der Waals surface area contributed by atoms with E-state index in [1.54, 1.807) is 47.6 Å². The lowest BCUT2D eigenvalue weighted by molar-refractivity contribution is -0.140. The number of esters is 1. The molecule has 1 aliphatic rings. The molecule has 0 atom stereocenters. The number of carbonyl (C=O) groups excluding carboxylic acids is 3. The molecule has 2 heterocycles. The molecule has 0 bridgehead atoms. The summed E-state index contributed by atoms with van der Waals surface area (Å²) < 4.78 is 33.0. The number of carbonyl (C=O) groups is 3. The summed E-state index contributed by atoms with van der Waals surface area (Å²) in [6, 6.07) is 18.2. The molecule has 2 amide bonds. The normalized spacial score (nSPS) is 13.4. The molecule has 3 aromatic rings. The first-order valence-corrected chi connectivity index (χ1v) is 22.4. The molecule has 1 aliphatic heterocycles. The Hall–Kier alpha value is -5.58. The Bertz CT molecular complexity index is 1880. The van der Waals surface area contributed by atoms with E-state index in [0.29, 0.717) is 102 Å². The van der Waals surface area contributed by atoms with Crippen LogP contribution in [0, 0.1) is 10.8 Å². The second-order valence-corrected chi connectivity index (χ2v) is 16.7. The van der Waals surface area contributed by atoms with Gasteiger partial charge in [-0.2, -0.15) is 0 Å². The van der Waals surface area contributed by atoms with Crippen LogP contribution in [0.15, 0.2) is 73.1 Å². The first-order valence-electron chi connectivity index (χ1n) is 22.4. The number of likely N-dealkylation sites (tertiary alicyclic amines) is 1. The molecule has 0 saturated carbocycles. The molecule has 350 valence electrons. The number of amides is 2. The van der Waals surface area contributed by atoms with E-state index in [0.717, 1.165) is 56.3 Å². The number of methoxy groups -OCH3 is 1. The van der Waals surface area contributed by atoms with Crippen molar-refractivity contribution in [1.29, 1.82) is 10.8 Å². The number of hydrogen-bond acceptors (Lipinski definition) is 13. The van der Waals surface area contributed by atoms with E-state index in [1.165, 1.54) is 7.11 Å². The van der Waals surface area contributed by atoms with Crippen LogP contribution in [-0.4, -0.2) is 117 Å². The van der Waals surface area contributed by atoms with Crippen LogP contribution in [-0.2, 0) is 35.0 Å². The van der Waals surface area contributed by atoms with Gasteiger partial charge in [0.05, 0.1) is 45.7 Å². The molecule has 0 radical (unpaired) electrons. The van der Waals surface area contributed by atoms with Gasteiger partial charge in [0.15, 0.2) is 0 Å². The molecule has 0 aliphatic carbocycles. The monoisotopic (exact) mass is 888 g/mol. The van der Waals surface area contributed by atoms with E-state index in [2.05, 4.69) is 25.7 Å². The highest BCUT2D eigenvalue weighted by molar-refractivity contribution is 6.10. The van der Waals surface area contributed by atoms with Crippen molar-refractivity contribution in [3.8, 4) is 5.75 Å². The Labute approximate surface area is 378 Å². The van der Waals surface area contributed by atoms with E-state index in [9.17, 15) is 14.4 Å². The average molecular weight is 888 g/mol. The predicted molar refractivity (Wildman–Crippen MR) is 246 cm³/mol. The number of unbranched alkanes of at least 4 members (excludes halogenated alkanes) is 5. The van der Waals surface area contributed by atoms with Gasteiger partial charge in [0.25, 0.3) is 5.91 Å². The lowest BCUT2D eigenvalue weighted by Gasteiger charge is -2.43. The molecule has 1 saturated heterocycles. The van der Waals surface area contributed by atoms with Crippen LogP contribution in [0.25, 0.3) is 0 Å². The zero-order chi connectivity index (χ0) is 46.0. The molecule has 0 spiro atoms. The van der Waals surface area contributed by atoms with Crippen molar-refractivity contribution in [2.24, 2.45) is 0 Å². The fourth-order valence-corrected chi connectivity index (χ4v) is 6.82. The van der Waals surface area contributed by atoms with Crippen LogP contribution in [0.1, 0.15) is 106 Å². The van der Waals surface area contributed by atoms with Crippen molar-refractivity contribution < 1.29 is 42.8 Å². The minimum atomic E-state index is -0.961. The minimum absolute atomic E-state index is 0.0562. The quantitative estimate of drug-likeness (QED) is 0.0218. The molecule has 1 fully saturated rings. The standard InChI is InChI=1S/C48H69N7O9/c1-47(2,3)64-46(58)55-26-22-48(23-27-55,45(50)53-43(49)38-20-24-51-25-21-38)54-40-14-12-13-39(35-40)44(57)52-36-37-16-18-41(19-17-37)63-30-11-6-5-9-28-60-31-33-62-34-32-61-29-10-7-8-15-42(56)59-4/h12-14,16-21,24-25,35,54H,5-11,15,22-23,26-34,36H2,1-4H3,(H,52,57)(H3,49,50,53). The van der Waals surface area contributed by atoms with Gasteiger partial charge >= 0.3 is 12.1 Å². The summed E-state index contributed by atoms with van der Waals surface area (Å²) >= 11 is 0. The summed E-state index contributed by atoms with van der Waals surface area (Å²) in [5, 5.41) is 27.2. The summed E-state index contributed by atoms with van der Waals surface area (Å²) in [5.74, 6) is 0.502. The number of nitrogens with one attached hydrogen (secondary N) is 5. The summed E-state index contributed by atoms with van der Waals surface area (Å²) in [7, 11) is 1.41.